The van der Waals surface area contributed by atoms with Crippen molar-refractivity contribution in [3.05, 3.63) is 81.0 Å². The van der Waals surface area contributed by atoms with Gasteiger partial charge in [-0.1, -0.05) is 37.3 Å². The molecule has 0 radical (unpaired) electrons. The molecule has 0 saturated carbocycles. The number of amides is 1. The molecule has 3 aromatic rings. The van der Waals surface area contributed by atoms with Gasteiger partial charge in [-0.2, -0.15) is 0 Å². The smallest absolute Gasteiger partial charge is 0.339 e. The number of rotatable bonds is 7. The Kier molecular flexibility index (Phi) is 7.19. The Balaban J connectivity index is 1.77. The summed E-state index contributed by atoms with van der Waals surface area (Å²) in [5, 5.41) is 14.6. The molecular formula is C27H27N3O5. The number of non-ortho nitro benzene ring substituents is 1. The number of nitrogens with one attached hydrogen (secondary N) is 1. The quantitative estimate of drug-likeness (QED) is 0.291. The molecule has 0 fully saturated rings. The van der Waals surface area contributed by atoms with Crippen LogP contribution in [0.4, 0.5) is 5.69 Å². The molecule has 0 bridgehead atoms. The summed E-state index contributed by atoms with van der Waals surface area (Å²) in [6.45, 7) is 4.03. The maximum Gasteiger partial charge on any atom is 0.339 e. The van der Waals surface area contributed by atoms with Crippen molar-refractivity contribution in [2.45, 2.75) is 45.6 Å². The number of hydrogen-bond donors (Lipinski definition) is 1. The summed E-state index contributed by atoms with van der Waals surface area (Å²) in [6.07, 6.45) is 3.91. The SMILES string of the molecule is CCCNC(=O)C(C)OC(=O)c1c2c(nc3ccccc13)/C(=C/c1cccc([N+](=O)[O-])c1)CCC2. The van der Waals surface area contributed by atoms with Gasteiger partial charge >= 0.3 is 5.97 Å². The number of carbonyl (C=O) groups is 2. The van der Waals surface area contributed by atoms with Crippen LogP contribution in [0.15, 0.2) is 48.5 Å². The molecule has 0 aliphatic heterocycles. The molecule has 1 amide bonds. The van der Waals surface area contributed by atoms with Crippen LogP contribution in [0.25, 0.3) is 22.6 Å². The lowest BCUT2D eigenvalue weighted by molar-refractivity contribution is -0.384. The van der Waals surface area contributed by atoms with Gasteiger partial charge in [-0.25, -0.2) is 9.78 Å². The van der Waals surface area contributed by atoms with Crippen molar-refractivity contribution in [3.8, 4) is 0 Å². The molecule has 8 nitrogen and oxygen atoms in total. The van der Waals surface area contributed by atoms with Crippen molar-refractivity contribution in [3.63, 3.8) is 0 Å². The van der Waals surface area contributed by atoms with Crippen LogP contribution >= 0.6 is 0 Å². The lowest BCUT2D eigenvalue weighted by Gasteiger charge is -2.23. The molecule has 180 valence electrons. The first-order valence-electron chi connectivity index (χ1n) is 11.7. The predicted octanol–water partition coefficient (Wildman–Crippen LogP) is 5.09. The number of nitro groups is 1. The molecule has 4 rings (SSSR count). The monoisotopic (exact) mass is 473 g/mol. The first-order chi connectivity index (χ1) is 16.9. The minimum Gasteiger partial charge on any atom is -0.449 e. The highest BCUT2D eigenvalue weighted by Gasteiger charge is 2.28. The average molecular weight is 474 g/mol. The number of ether oxygens (including phenoxy) is 1. The number of esters is 1. The Labute approximate surface area is 203 Å². The normalized spacial score (nSPS) is 14.9. The van der Waals surface area contributed by atoms with Crippen molar-refractivity contribution in [2.75, 3.05) is 6.54 Å². The van der Waals surface area contributed by atoms with Crippen LogP contribution in [0, 0.1) is 10.1 Å². The highest BCUT2D eigenvalue weighted by molar-refractivity contribution is 6.07. The highest BCUT2D eigenvalue weighted by Crippen LogP contribution is 2.36. The Morgan fingerprint density at radius 1 is 1.20 bits per heavy atom. The number of fused-ring (bicyclic) bond motifs is 2. The van der Waals surface area contributed by atoms with Gasteiger partial charge in [0.15, 0.2) is 6.10 Å². The molecule has 1 unspecified atom stereocenters. The summed E-state index contributed by atoms with van der Waals surface area (Å²) in [4.78, 5) is 41.3. The van der Waals surface area contributed by atoms with Crippen LogP contribution in [-0.2, 0) is 16.0 Å². The third-order valence-corrected chi connectivity index (χ3v) is 6.00. The molecular weight excluding hydrogens is 446 g/mol. The summed E-state index contributed by atoms with van der Waals surface area (Å²) in [5.41, 5.74) is 4.15. The molecule has 0 spiro atoms. The zero-order valence-electron chi connectivity index (χ0n) is 19.7. The maximum atomic E-state index is 13.4. The van der Waals surface area contributed by atoms with Gasteiger partial charge in [0.05, 0.1) is 21.7 Å². The summed E-state index contributed by atoms with van der Waals surface area (Å²) in [5.74, 6) is -0.894. The molecule has 1 heterocycles. The van der Waals surface area contributed by atoms with Crippen LogP contribution in [0.1, 0.15) is 60.3 Å². The highest BCUT2D eigenvalue weighted by atomic mass is 16.6. The number of nitro benzene ring substituents is 1. The number of para-hydroxylation sites is 1. The minimum atomic E-state index is -0.930. The lowest BCUT2D eigenvalue weighted by atomic mass is 9.86. The van der Waals surface area contributed by atoms with Crippen molar-refractivity contribution in [2.24, 2.45) is 0 Å². The van der Waals surface area contributed by atoms with Crippen molar-refractivity contribution >= 4 is 40.1 Å². The molecule has 35 heavy (non-hydrogen) atoms. The number of carbonyl (C=O) groups excluding carboxylic acids is 2. The van der Waals surface area contributed by atoms with Gasteiger partial charge in [0, 0.05) is 24.1 Å². The van der Waals surface area contributed by atoms with E-state index in [0.29, 0.717) is 40.7 Å². The summed E-state index contributed by atoms with van der Waals surface area (Å²) in [6, 6.07) is 13.8. The van der Waals surface area contributed by atoms with Crippen molar-refractivity contribution in [1.29, 1.82) is 0 Å². The predicted molar refractivity (Wildman–Crippen MR) is 134 cm³/mol. The maximum absolute atomic E-state index is 13.4. The number of allylic oxidation sites excluding steroid dienone is 1. The lowest BCUT2D eigenvalue weighted by Crippen LogP contribution is -2.36. The van der Waals surface area contributed by atoms with Crippen molar-refractivity contribution < 1.29 is 19.2 Å². The van der Waals surface area contributed by atoms with E-state index in [4.69, 9.17) is 9.72 Å². The van der Waals surface area contributed by atoms with E-state index < -0.39 is 17.0 Å². The second-order valence-corrected chi connectivity index (χ2v) is 8.54. The minimum absolute atomic E-state index is 0.0152. The standard InChI is InChI=1S/C27H27N3O5/c1-3-14-28-26(31)17(2)35-27(32)24-21-11-4-5-13-23(21)29-25-19(9-7-12-22(24)25)15-18-8-6-10-20(16-18)30(33)34/h4-6,8,10-11,13,15-17H,3,7,9,12,14H2,1-2H3,(H,28,31)/b19-15+. The van der Waals surface area contributed by atoms with Crippen molar-refractivity contribution in [1.82, 2.24) is 10.3 Å². The molecule has 1 N–H and O–H groups in total. The van der Waals surface area contributed by atoms with E-state index >= 15 is 0 Å². The first kappa shape index (κ1) is 24.1. The first-order valence-corrected chi connectivity index (χ1v) is 11.7. The molecule has 1 aromatic heterocycles. The number of hydrogen-bond acceptors (Lipinski definition) is 6. The van der Waals surface area contributed by atoms with Crippen LogP contribution in [0.3, 0.4) is 0 Å². The van der Waals surface area contributed by atoms with E-state index in [9.17, 15) is 19.7 Å². The summed E-state index contributed by atoms with van der Waals surface area (Å²) >= 11 is 0. The summed E-state index contributed by atoms with van der Waals surface area (Å²) < 4.78 is 5.59. The third-order valence-electron chi connectivity index (χ3n) is 6.00. The fourth-order valence-corrected chi connectivity index (χ4v) is 4.30. The van der Waals surface area contributed by atoms with E-state index in [-0.39, 0.29) is 11.6 Å². The average Bonchev–Trinajstić information content (AvgIpc) is 2.86. The van der Waals surface area contributed by atoms with Gasteiger partial charge in [0.2, 0.25) is 0 Å². The van der Waals surface area contributed by atoms with E-state index in [0.717, 1.165) is 30.4 Å². The van der Waals surface area contributed by atoms with Gasteiger partial charge in [-0.05, 0) is 61.4 Å². The van der Waals surface area contributed by atoms with Gasteiger partial charge in [0.1, 0.15) is 0 Å². The Hall–Kier alpha value is -4.07. The van der Waals surface area contributed by atoms with Gasteiger partial charge in [-0.15, -0.1) is 0 Å². The Morgan fingerprint density at radius 3 is 2.77 bits per heavy atom. The molecule has 0 saturated heterocycles. The van der Waals surface area contributed by atoms with E-state index in [1.165, 1.54) is 12.1 Å². The van der Waals surface area contributed by atoms with E-state index in [1.807, 2.05) is 37.3 Å². The second kappa shape index (κ2) is 10.5. The van der Waals surface area contributed by atoms with Crippen LogP contribution in [-0.4, -0.2) is 34.4 Å². The number of aromatic nitrogens is 1. The molecule has 2 aromatic carbocycles. The molecule has 1 aliphatic rings. The van der Waals surface area contributed by atoms with Crippen LogP contribution < -0.4 is 5.32 Å². The van der Waals surface area contributed by atoms with Gasteiger partial charge in [0.25, 0.3) is 11.6 Å². The molecule has 1 aliphatic carbocycles. The summed E-state index contributed by atoms with van der Waals surface area (Å²) in [7, 11) is 0. The largest absolute Gasteiger partial charge is 0.449 e. The van der Waals surface area contributed by atoms with E-state index in [2.05, 4.69) is 5.32 Å². The fraction of sp³-hybridized carbons (Fsp3) is 0.296. The molecule has 8 heteroatoms. The zero-order valence-corrected chi connectivity index (χ0v) is 19.7. The zero-order chi connectivity index (χ0) is 24.9. The number of nitrogens with zero attached hydrogens (tertiary/aromatic N) is 2. The Bertz CT molecular complexity index is 1330. The fourth-order valence-electron chi connectivity index (χ4n) is 4.30. The van der Waals surface area contributed by atoms with Gasteiger partial charge < -0.3 is 10.1 Å². The second-order valence-electron chi connectivity index (χ2n) is 8.54. The number of pyridine rings is 1. The molecule has 1 atom stereocenters. The topological polar surface area (TPSA) is 111 Å². The van der Waals surface area contributed by atoms with E-state index in [1.54, 1.807) is 19.1 Å². The van der Waals surface area contributed by atoms with Crippen LogP contribution in [0.2, 0.25) is 0 Å². The Morgan fingerprint density at radius 2 is 2.00 bits per heavy atom. The van der Waals surface area contributed by atoms with Gasteiger partial charge in [-0.3, -0.25) is 14.9 Å². The van der Waals surface area contributed by atoms with Crippen LogP contribution in [0.5, 0.6) is 0 Å². The third kappa shape index (κ3) is 5.21. The number of benzene rings is 2.